The smallest absolute Gasteiger partial charge is 0.180 e. The minimum atomic E-state index is 0.713. The molecule has 88 valence electrons. The number of hydrogen-bond acceptors (Lipinski definition) is 4. The largest absolute Gasteiger partial charge is 0.342 e. The van der Waals surface area contributed by atoms with Gasteiger partial charge < -0.3 is 9.88 Å². The lowest BCUT2D eigenvalue weighted by Gasteiger charge is -2.13. The van der Waals surface area contributed by atoms with Crippen LogP contribution < -0.4 is 0 Å². The van der Waals surface area contributed by atoms with E-state index in [1.54, 1.807) is 12.5 Å². The van der Waals surface area contributed by atoms with Crippen molar-refractivity contribution in [3.63, 3.8) is 0 Å². The van der Waals surface area contributed by atoms with Gasteiger partial charge >= 0.3 is 0 Å². The lowest BCUT2D eigenvalue weighted by atomic mass is 10.5. The summed E-state index contributed by atoms with van der Waals surface area (Å²) in [6.45, 7) is 10.1. The number of fused-ring (bicyclic) bond motifs is 1. The van der Waals surface area contributed by atoms with Gasteiger partial charge in [-0.3, -0.25) is 0 Å². The second-order valence-electron chi connectivity index (χ2n) is 3.28. The van der Waals surface area contributed by atoms with E-state index >= 15 is 0 Å². The van der Waals surface area contributed by atoms with Gasteiger partial charge in [-0.2, -0.15) is 0 Å². The highest BCUT2D eigenvalue weighted by Crippen LogP contribution is 1.99. The Kier molecular flexibility index (Phi) is 5.42. The number of hydrogen-bond donors (Lipinski definition) is 1. The topological polar surface area (TPSA) is 57.7 Å². The third kappa shape index (κ3) is 3.58. The van der Waals surface area contributed by atoms with Gasteiger partial charge in [0, 0.05) is 0 Å². The normalized spacial score (nSPS) is 10.2. The van der Waals surface area contributed by atoms with E-state index in [9.17, 15) is 0 Å². The van der Waals surface area contributed by atoms with Crippen molar-refractivity contribution in [2.75, 3.05) is 19.6 Å². The van der Waals surface area contributed by atoms with Crippen LogP contribution in [0.5, 0.6) is 0 Å². The molecule has 0 unspecified atom stereocenters. The highest BCUT2D eigenvalue weighted by Gasteiger charge is 1.91. The summed E-state index contributed by atoms with van der Waals surface area (Å²) in [7, 11) is 0. The van der Waals surface area contributed by atoms with Crippen molar-refractivity contribution >= 4 is 11.2 Å². The molecule has 2 aromatic heterocycles. The van der Waals surface area contributed by atoms with Crippen LogP contribution in [0.2, 0.25) is 0 Å². The van der Waals surface area contributed by atoms with Gasteiger partial charge in [-0.15, -0.1) is 0 Å². The minimum Gasteiger partial charge on any atom is -0.342 e. The Bertz CT molecular complexity index is 358. The number of nitrogens with one attached hydrogen (secondary N) is 1. The first kappa shape index (κ1) is 12.6. The van der Waals surface area contributed by atoms with Crippen LogP contribution in [0.4, 0.5) is 0 Å². The van der Waals surface area contributed by atoms with Crippen LogP contribution in [0.1, 0.15) is 20.8 Å². The van der Waals surface area contributed by atoms with E-state index in [-0.39, 0.29) is 0 Å². The van der Waals surface area contributed by atoms with Crippen LogP contribution >= 0.6 is 0 Å². The first-order chi connectivity index (χ1) is 7.81. The third-order valence-electron chi connectivity index (χ3n) is 2.44. The number of imidazole rings is 1. The summed E-state index contributed by atoms with van der Waals surface area (Å²) < 4.78 is 0. The molecule has 0 fully saturated rings. The van der Waals surface area contributed by atoms with Crippen molar-refractivity contribution in [3.05, 3.63) is 18.9 Å². The molecule has 2 rings (SSSR count). The Morgan fingerprint density at radius 3 is 2.31 bits per heavy atom. The van der Waals surface area contributed by atoms with Crippen LogP contribution in [0, 0.1) is 0 Å². The fourth-order valence-electron chi connectivity index (χ4n) is 1.36. The molecule has 16 heavy (non-hydrogen) atoms. The Morgan fingerprint density at radius 1 is 1.12 bits per heavy atom. The maximum Gasteiger partial charge on any atom is 0.180 e. The first-order valence-electron chi connectivity index (χ1n) is 5.63. The van der Waals surface area contributed by atoms with Crippen LogP contribution in [-0.2, 0) is 0 Å². The molecule has 0 aliphatic rings. The number of rotatable bonds is 3. The van der Waals surface area contributed by atoms with E-state index in [0.717, 1.165) is 5.52 Å². The lowest BCUT2D eigenvalue weighted by molar-refractivity contribution is 0.321. The molecule has 0 aromatic carbocycles. The van der Waals surface area contributed by atoms with Crippen molar-refractivity contribution in [2.45, 2.75) is 20.8 Å². The van der Waals surface area contributed by atoms with Crippen molar-refractivity contribution < 1.29 is 0 Å². The predicted molar refractivity (Wildman–Crippen MR) is 65.1 cm³/mol. The van der Waals surface area contributed by atoms with E-state index < -0.39 is 0 Å². The number of aromatic nitrogens is 4. The molecule has 1 N–H and O–H groups in total. The van der Waals surface area contributed by atoms with Crippen molar-refractivity contribution in [1.29, 1.82) is 0 Å². The number of H-pyrrole nitrogens is 1. The van der Waals surface area contributed by atoms with Gasteiger partial charge in [0.1, 0.15) is 11.8 Å². The van der Waals surface area contributed by atoms with Gasteiger partial charge in [0.2, 0.25) is 0 Å². The second kappa shape index (κ2) is 6.90. The molecule has 0 saturated heterocycles. The molecule has 0 aliphatic carbocycles. The van der Waals surface area contributed by atoms with Crippen molar-refractivity contribution in [1.82, 2.24) is 24.8 Å². The number of aromatic amines is 1. The highest BCUT2D eigenvalue weighted by molar-refractivity contribution is 5.67. The van der Waals surface area contributed by atoms with E-state index in [1.165, 1.54) is 26.0 Å². The van der Waals surface area contributed by atoms with Crippen LogP contribution in [0.3, 0.4) is 0 Å². The maximum absolute atomic E-state index is 3.91. The molecular formula is C11H19N5. The SMILES string of the molecule is CCN(CC)CC.c1ncc2[nH]cnc2n1. The van der Waals surface area contributed by atoms with Crippen molar-refractivity contribution in [3.8, 4) is 0 Å². The van der Waals surface area contributed by atoms with E-state index in [2.05, 4.69) is 45.6 Å². The summed E-state index contributed by atoms with van der Waals surface area (Å²) in [5.74, 6) is 0. The quantitative estimate of drug-likeness (QED) is 0.857. The standard InChI is InChI=1S/C6H15N.C5H4N4/c1-4-7(5-2)6-3;1-4-5(8-2-6-1)9-3-7-4/h4-6H2,1-3H3;1-3H,(H,6,7,8,9). The summed E-state index contributed by atoms with van der Waals surface area (Å²) >= 11 is 0. The van der Waals surface area contributed by atoms with E-state index in [0.29, 0.717) is 5.65 Å². The zero-order valence-corrected chi connectivity index (χ0v) is 10.1. The van der Waals surface area contributed by atoms with Crippen LogP contribution in [0.25, 0.3) is 11.2 Å². The van der Waals surface area contributed by atoms with Gasteiger partial charge in [0.25, 0.3) is 0 Å². The highest BCUT2D eigenvalue weighted by atomic mass is 15.1. The lowest BCUT2D eigenvalue weighted by Crippen LogP contribution is -2.21. The van der Waals surface area contributed by atoms with Gasteiger partial charge in [0.05, 0.1) is 12.5 Å². The van der Waals surface area contributed by atoms with Gasteiger partial charge in [-0.05, 0) is 19.6 Å². The van der Waals surface area contributed by atoms with Crippen LogP contribution in [-0.4, -0.2) is 44.5 Å². The minimum absolute atomic E-state index is 0.713. The first-order valence-corrected chi connectivity index (χ1v) is 5.63. The zero-order chi connectivity index (χ0) is 11.8. The fraction of sp³-hybridized carbons (Fsp3) is 0.545. The molecule has 0 bridgehead atoms. The van der Waals surface area contributed by atoms with Gasteiger partial charge in [-0.25, -0.2) is 15.0 Å². The summed E-state index contributed by atoms with van der Waals surface area (Å²) in [5.41, 5.74) is 1.59. The summed E-state index contributed by atoms with van der Waals surface area (Å²) in [5, 5.41) is 0. The summed E-state index contributed by atoms with van der Waals surface area (Å²) in [4.78, 5) is 16.9. The molecular weight excluding hydrogens is 202 g/mol. The summed E-state index contributed by atoms with van der Waals surface area (Å²) in [6, 6.07) is 0. The Morgan fingerprint density at radius 2 is 1.81 bits per heavy atom. The fourth-order valence-corrected chi connectivity index (χ4v) is 1.36. The average Bonchev–Trinajstić information content (AvgIpc) is 2.80. The van der Waals surface area contributed by atoms with Crippen molar-refractivity contribution in [2.24, 2.45) is 0 Å². The Balaban J connectivity index is 0.000000168. The van der Waals surface area contributed by atoms with Gasteiger partial charge in [-0.1, -0.05) is 20.8 Å². The molecule has 0 saturated carbocycles. The average molecular weight is 221 g/mol. The second-order valence-corrected chi connectivity index (χ2v) is 3.28. The molecule has 0 radical (unpaired) electrons. The molecule has 0 aliphatic heterocycles. The van der Waals surface area contributed by atoms with Gasteiger partial charge in [0.15, 0.2) is 5.65 Å². The predicted octanol–water partition coefficient (Wildman–Crippen LogP) is 1.70. The van der Waals surface area contributed by atoms with E-state index in [4.69, 9.17) is 0 Å². The Labute approximate surface area is 95.9 Å². The summed E-state index contributed by atoms with van der Waals surface area (Å²) in [6.07, 6.45) is 4.76. The Hall–Kier alpha value is -1.49. The molecule has 2 heterocycles. The zero-order valence-electron chi connectivity index (χ0n) is 10.1. The maximum atomic E-state index is 3.91. The molecule has 0 spiro atoms. The number of nitrogens with zero attached hydrogens (tertiary/aromatic N) is 4. The molecule has 5 heteroatoms. The monoisotopic (exact) mass is 221 g/mol. The molecule has 0 amide bonds. The van der Waals surface area contributed by atoms with Crippen LogP contribution in [0.15, 0.2) is 18.9 Å². The molecule has 5 nitrogen and oxygen atoms in total. The molecule has 2 aromatic rings. The third-order valence-corrected chi connectivity index (χ3v) is 2.44. The van der Waals surface area contributed by atoms with E-state index in [1.807, 2.05) is 0 Å². The molecule has 0 atom stereocenters.